The van der Waals surface area contributed by atoms with Crippen molar-refractivity contribution < 1.29 is 13.5 Å². The van der Waals surface area contributed by atoms with Gasteiger partial charge in [-0.05, 0) is 25.8 Å². The number of rotatable bonds is 3. The van der Waals surface area contributed by atoms with E-state index < -0.39 is 15.9 Å². The maximum absolute atomic E-state index is 11.6. The number of aliphatic hydroxyl groups excluding tert-OH is 1. The van der Waals surface area contributed by atoms with E-state index >= 15 is 0 Å². The van der Waals surface area contributed by atoms with E-state index in [0.29, 0.717) is 6.04 Å². The van der Waals surface area contributed by atoms with Crippen LogP contribution in [-0.4, -0.2) is 54.7 Å². The molecular formula is C12H23NO3S. The van der Waals surface area contributed by atoms with E-state index in [1.807, 2.05) is 0 Å². The van der Waals surface area contributed by atoms with Gasteiger partial charge in [-0.25, -0.2) is 8.42 Å². The van der Waals surface area contributed by atoms with Gasteiger partial charge in [0.15, 0.2) is 9.84 Å². The standard InChI is InChI=1S/C12H23NO3S/c1-2-5-10-6-3-4-7-13(10)11-8-17(15,16)9-12(11)14/h10-12,14H,2-9H2,1H3. The summed E-state index contributed by atoms with van der Waals surface area (Å²) in [5.74, 6) is 0.0986. The zero-order chi connectivity index (χ0) is 12.5. The lowest BCUT2D eigenvalue weighted by molar-refractivity contribution is 0.0314. The van der Waals surface area contributed by atoms with Crippen LogP contribution in [0.15, 0.2) is 0 Å². The molecule has 2 rings (SSSR count). The van der Waals surface area contributed by atoms with Crippen molar-refractivity contribution in [1.82, 2.24) is 4.90 Å². The van der Waals surface area contributed by atoms with Crippen LogP contribution in [0.2, 0.25) is 0 Å². The van der Waals surface area contributed by atoms with Crippen molar-refractivity contribution in [2.45, 2.75) is 57.2 Å². The molecule has 0 aromatic rings. The van der Waals surface area contributed by atoms with Crippen molar-refractivity contribution in [3.05, 3.63) is 0 Å². The molecule has 3 unspecified atom stereocenters. The van der Waals surface area contributed by atoms with Gasteiger partial charge in [-0.2, -0.15) is 0 Å². The minimum atomic E-state index is -3.02. The average Bonchev–Trinajstić information content (AvgIpc) is 2.53. The van der Waals surface area contributed by atoms with Gasteiger partial charge in [-0.3, -0.25) is 4.90 Å². The lowest BCUT2D eigenvalue weighted by Crippen LogP contribution is -2.51. The number of likely N-dealkylation sites (tertiary alicyclic amines) is 1. The van der Waals surface area contributed by atoms with Gasteiger partial charge < -0.3 is 5.11 Å². The molecular weight excluding hydrogens is 238 g/mol. The molecule has 0 bridgehead atoms. The monoisotopic (exact) mass is 261 g/mol. The van der Waals surface area contributed by atoms with Crippen LogP contribution in [0.1, 0.15) is 39.0 Å². The summed E-state index contributed by atoms with van der Waals surface area (Å²) in [6.45, 7) is 3.11. The second-order valence-electron chi connectivity index (χ2n) is 5.39. The van der Waals surface area contributed by atoms with Crippen molar-refractivity contribution in [1.29, 1.82) is 0 Å². The summed E-state index contributed by atoms with van der Waals surface area (Å²) in [5.41, 5.74) is 0. The third-order valence-electron chi connectivity index (χ3n) is 4.01. The Morgan fingerprint density at radius 1 is 1.29 bits per heavy atom. The smallest absolute Gasteiger partial charge is 0.154 e. The summed E-state index contributed by atoms with van der Waals surface area (Å²) in [6, 6.07) is 0.318. The molecule has 17 heavy (non-hydrogen) atoms. The Morgan fingerprint density at radius 2 is 2.06 bits per heavy atom. The summed E-state index contributed by atoms with van der Waals surface area (Å²) in [4.78, 5) is 2.27. The van der Waals surface area contributed by atoms with Crippen LogP contribution in [0.4, 0.5) is 0 Å². The first-order valence-electron chi connectivity index (χ1n) is 6.67. The van der Waals surface area contributed by atoms with E-state index in [0.717, 1.165) is 32.2 Å². The van der Waals surface area contributed by atoms with Crippen molar-refractivity contribution in [3.63, 3.8) is 0 Å². The summed E-state index contributed by atoms with van der Waals surface area (Å²) < 4.78 is 23.1. The summed E-state index contributed by atoms with van der Waals surface area (Å²) in [6.07, 6.45) is 5.06. The molecule has 0 aromatic carbocycles. The summed E-state index contributed by atoms with van der Waals surface area (Å²) >= 11 is 0. The molecule has 2 saturated heterocycles. The Balaban J connectivity index is 2.09. The van der Waals surface area contributed by atoms with E-state index in [9.17, 15) is 13.5 Å². The third kappa shape index (κ3) is 3.01. The van der Waals surface area contributed by atoms with E-state index in [1.54, 1.807) is 0 Å². The van der Waals surface area contributed by atoms with Crippen LogP contribution in [-0.2, 0) is 9.84 Å². The number of hydrogen-bond donors (Lipinski definition) is 1. The summed E-state index contributed by atoms with van der Waals surface area (Å²) in [5, 5.41) is 9.94. The first-order valence-corrected chi connectivity index (χ1v) is 8.50. The Bertz CT molecular complexity index is 353. The largest absolute Gasteiger partial charge is 0.390 e. The normalized spacial score (nSPS) is 38.4. The highest BCUT2D eigenvalue weighted by atomic mass is 32.2. The second kappa shape index (κ2) is 5.24. The molecule has 0 aliphatic carbocycles. The molecule has 0 saturated carbocycles. The third-order valence-corrected chi connectivity index (χ3v) is 5.71. The lowest BCUT2D eigenvalue weighted by Gasteiger charge is -2.40. The number of sulfone groups is 1. The topological polar surface area (TPSA) is 57.6 Å². The van der Waals surface area contributed by atoms with Crippen LogP contribution in [0.25, 0.3) is 0 Å². The van der Waals surface area contributed by atoms with E-state index in [4.69, 9.17) is 0 Å². The molecule has 4 nitrogen and oxygen atoms in total. The highest BCUT2D eigenvalue weighted by molar-refractivity contribution is 7.91. The van der Waals surface area contributed by atoms with Crippen LogP contribution in [0.3, 0.4) is 0 Å². The molecule has 1 N–H and O–H groups in total. The lowest BCUT2D eigenvalue weighted by atomic mass is 9.95. The molecule has 100 valence electrons. The molecule has 2 fully saturated rings. The maximum Gasteiger partial charge on any atom is 0.154 e. The van der Waals surface area contributed by atoms with Crippen LogP contribution >= 0.6 is 0 Å². The molecule has 0 amide bonds. The molecule has 5 heteroatoms. The Morgan fingerprint density at radius 3 is 2.65 bits per heavy atom. The molecule has 2 aliphatic rings. The van der Waals surface area contributed by atoms with Crippen LogP contribution in [0, 0.1) is 0 Å². The Labute approximate surface area is 104 Å². The predicted molar refractivity (Wildman–Crippen MR) is 67.7 cm³/mol. The zero-order valence-corrected chi connectivity index (χ0v) is 11.3. The van der Waals surface area contributed by atoms with Gasteiger partial charge in [0, 0.05) is 6.04 Å². The van der Waals surface area contributed by atoms with Crippen molar-refractivity contribution in [2.24, 2.45) is 0 Å². The molecule has 3 atom stereocenters. The van der Waals surface area contributed by atoms with Gasteiger partial charge in [0.05, 0.1) is 23.7 Å². The average molecular weight is 261 g/mol. The fraction of sp³-hybridized carbons (Fsp3) is 1.00. The van der Waals surface area contributed by atoms with E-state index in [-0.39, 0.29) is 17.5 Å². The van der Waals surface area contributed by atoms with Gasteiger partial charge >= 0.3 is 0 Å². The van der Waals surface area contributed by atoms with Crippen LogP contribution in [0.5, 0.6) is 0 Å². The Kier molecular flexibility index (Phi) is 4.10. The quantitative estimate of drug-likeness (QED) is 0.816. The van der Waals surface area contributed by atoms with Gasteiger partial charge in [0.25, 0.3) is 0 Å². The van der Waals surface area contributed by atoms with E-state index in [1.165, 1.54) is 6.42 Å². The first kappa shape index (κ1) is 13.3. The van der Waals surface area contributed by atoms with E-state index in [2.05, 4.69) is 11.8 Å². The fourth-order valence-electron chi connectivity index (χ4n) is 3.23. The van der Waals surface area contributed by atoms with Gasteiger partial charge in [0.1, 0.15) is 0 Å². The highest BCUT2D eigenvalue weighted by Crippen LogP contribution is 2.28. The Hall–Kier alpha value is -0.130. The fourth-order valence-corrected chi connectivity index (χ4v) is 5.04. The van der Waals surface area contributed by atoms with Crippen molar-refractivity contribution >= 4 is 9.84 Å². The molecule has 2 aliphatic heterocycles. The van der Waals surface area contributed by atoms with Gasteiger partial charge in [0.2, 0.25) is 0 Å². The predicted octanol–water partition coefficient (Wildman–Crippen LogP) is 0.799. The molecule has 0 radical (unpaired) electrons. The van der Waals surface area contributed by atoms with Gasteiger partial charge in [-0.15, -0.1) is 0 Å². The van der Waals surface area contributed by atoms with Crippen molar-refractivity contribution in [3.8, 4) is 0 Å². The summed E-state index contributed by atoms with van der Waals surface area (Å²) in [7, 11) is -3.02. The number of piperidine rings is 1. The first-order chi connectivity index (χ1) is 8.03. The SMILES string of the molecule is CCCC1CCCCN1C1CS(=O)(=O)CC1O. The number of nitrogens with zero attached hydrogens (tertiary/aromatic N) is 1. The van der Waals surface area contributed by atoms with Crippen molar-refractivity contribution in [2.75, 3.05) is 18.1 Å². The number of hydrogen-bond acceptors (Lipinski definition) is 4. The molecule has 2 heterocycles. The number of aliphatic hydroxyl groups is 1. The van der Waals surface area contributed by atoms with Crippen LogP contribution < -0.4 is 0 Å². The molecule has 0 spiro atoms. The minimum Gasteiger partial charge on any atom is -0.390 e. The second-order valence-corrected chi connectivity index (χ2v) is 7.54. The molecule has 0 aromatic heterocycles. The maximum atomic E-state index is 11.6. The zero-order valence-electron chi connectivity index (χ0n) is 10.5. The van der Waals surface area contributed by atoms with Gasteiger partial charge in [-0.1, -0.05) is 19.8 Å². The highest BCUT2D eigenvalue weighted by Gasteiger charge is 2.42. The minimum absolute atomic E-state index is 0.0486.